The van der Waals surface area contributed by atoms with Crippen LogP contribution in [0, 0.1) is 5.92 Å². The number of hydrogen-bond donors (Lipinski definition) is 1. The van der Waals surface area contributed by atoms with Crippen molar-refractivity contribution in [2.24, 2.45) is 5.92 Å². The van der Waals surface area contributed by atoms with Crippen molar-refractivity contribution in [1.29, 1.82) is 0 Å². The van der Waals surface area contributed by atoms with Gasteiger partial charge in [0.15, 0.2) is 5.82 Å². The molecule has 0 atom stereocenters. The summed E-state index contributed by atoms with van der Waals surface area (Å²) in [6, 6.07) is 2.00. The molecular weight excluding hydrogens is 252 g/mol. The normalized spacial score (nSPS) is 10.9. The van der Waals surface area contributed by atoms with Gasteiger partial charge in [-0.15, -0.1) is 0 Å². The molecule has 0 spiro atoms. The maximum absolute atomic E-state index is 5.15. The minimum absolute atomic E-state index is 0.436. The van der Waals surface area contributed by atoms with Gasteiger partial charge in [0.2, 0.25) is 0 Å². The molecule has 114 valence electrons. The number of anilines is 2. The van der Waals surface area contributed by atoms with Gasteiger partial charge in [0.1, 0.15) is 18.2 Å². The second-order valence-corrected chi connectivity index (χ2v) is 4.93. The van der Waals surface area contributed by atoms with Gasteiger partial charge < -0.3 is 15.0 Å². The Labute approximate surface area is 122 Å². The molecule has 1 aromatic heterocycles. The van der Waals surface area contributed by atoms with E-state index in [1.54, 1.807) is 7.11 Å². The third-order valence-electron chi connectivity index (χ3n) is 3.63. The molecule has 0 radical (unpaired) electrons. The van der Waals surface area contributed by atoms with Crippen LogP contribution < -0.4 is 10.2 Å². The first-order valence-electron chi connectivity index (χ1n) is 7.47. The Morgan fingerprint density at radius 2 is 1.95 bits per heavy atom. The minimum atomic E-state index is 0.436. The first-order valence-corrected chi connectivity index (χ1v) is 7.47. The SMILES string of the molecule is CCC(CC)CN(CC)c1cc(NC)nc(COC)n1. The second kappa shape index (κ2) is 8.74. The van der Waals surface area contributed by atoms with Crippen LogP contribution in [0.5, 0.6) is 0 Å². The third kappa shape index (κ3) is 4.63. The van der Waals surface area contributed by atoms with Gasteiger partial charge in [0, 0.05) is 33.3 Å². The van der Waals surface area contributed by atoms with Gasteiger partial charge in [0.05, 0.1) is 0 Å². The van der Waals surface area contributed by atoms with Gasteiger partial charge in [-0.3, -0.25) is 0 Å². The Kier molecular flexibility index (Phi) is 7.30. The number of hydrogen-bond acceptors (Lipinski definition) is 5. The fraction of sp³-hybridized carbons (Fsp3) is 0.733. The van der Waals surface area contributed by atoms with Crippen molar-refractivity contribution in [3.63, 3.8) is 0 Å². The highest BCUT2D eigenvalue weighted by molar-refractivity contribution is 5.49. The standard InChI is InChI=1S/C15H28N4O/c1-6-12(7-2)10-19(8-3)15-9-13(16-4)17-14(18-15)11-20-5/h9,12H,6-8,10-11H2,1-5H3,(H,16,17,18). The Bertz CT molecular complexity index is 393. The Morgan fingerprint density at radius 3 is 2.45 bits per heavy atom. The van der Waals surface area contributed by atoms with Gasteiger partial charge in [0.25, 0.3) is 0 Å². The molecule has 1 N–H and O–H groups in total. The Hall–Kier alpha value is -1.36. The molecule has 0 aromatic carbocycles. The van der Waals surface area contributed by atoms with Crippen LogP contribution in [0.1, 0.15) is 39.4 Å². The first kappa shape index (κ1) is 16.7. The van der Waals surface area contributed by atoms with Crippen molar-refractivity contribution >= 4 is 11.6 Å². The number of ether oxygens (including phenoxy) is 1. The number of methoxy groups -OCH3 is 1. The molecule has 0 saturated carbocycles. The van der Waals surface area contributed by atoms with E-state index in [2.05, 4.69) is 41.0 Å². The molecule has 0 amide bonds. The monoisotopic (exact) mass is 280 g/mol. The lowest BCUT2D eigenvalue weighted by Gasteiger charge is -2.27. The van der Waals surface area contributed by atoms with Gasteiger partial charge in [-0.25, -0.2) is 9.97 Å². The van der Waals surface area contributed by atoms with Crippen molar-refractivity contribution < 1.29 is 4.74 Å². The molecule has 5 heteroatoms. The van der Waals surface area contributed by atoms with Crippen LogP contribution in [0.15, 0.2) is 6.07 Å². The summed E-state index contributed by atoms with van der Waals surface area (Å²) in [5.41, 5.74) is 0. The van der Waals surface area contributed by atoms with Crippen LogP contribution in [0.25, 0.3) is 0 Å². The van der Waals surface area contributed by atoms with E-state index in [9.17, 15) is 0 Å². The van der Waals surface area contributed by atoms with E-state index >= 15 is 0 Å². The first-order chi connectivity index (χ1) is 9.68. The van der Waals surface area contributed by atoms with Crippen LogP contribution in [0.4, 0.5) is 11.6 Å². The van der Waals surface area contributed by atoms with Crippen LogP contribution >= 0.6 is 0 Å². The predicted molar refractivity (Wildman–Crippen MR) is 84.3 cm³/mol. The molecule has 5 nitrogen and oxygen atoms in total. The lowest BCUT2D eigenvalue weighted by atomic mass is 10.0. The van der Waals surface area contributed by atoms with Crippen molar-refractivity contribution in [3.8, 4) is 0 Å². The molecule has 0 bridgehead atoms. The van der Waals surface area contributed by atoms with Crippen LogP contribution in [-0.4, -0.2) is 37.2 Å². The third-order valence-corrected chi connectivity index (χ3v) is 3.63. The van der Waals surface area contributed by atoms with Gasteiger partial charge in [-0.2, -0.15) is 0 Å². The Balaban J connectivity index is 2.97. The number of nitrogens with zero attached hydrogens (tertiary/aromatic N) is 3. The maximum atomic E-state index is 5.15. The van der Waals surface area contributed by atoms with E-state index in [-0.39, 0.29) is 0 Å². The number of aromatic nitrogens is 2. The van der Waals surface area contributed by atoms with E-state index in [4.69, 9.17) is 4.74 Å². The summed E-state index contributed by atoms with van der Waals surface area (Å²) in [5, 5.41) is 3.09. The Morgan fingerprint density at radius 1 is 1.25 bits per heavy atom. The lowest BCUT2D eigenvalue weighted by molar-refractivity contribution is 0.178. The number of nitrogens with one attached hydrogen (secondary N) is 1. The average molecular weight is 280 g/mol. The minimum Gasteiger partial charge on any atom is -0.377 e. The van der Waals surface area contributed by atoms with E-state index in [1.807, 2.05) is 13.1 Å². The highest BCUT2D eigenvalue weighted by atomic mass is 16.5. The summed E-state index contributed by atoms with van der Waals surface area (Å²) in [7, 11) is 3.54. The van der Waals surface area contributed by atoms with E-state index < -0.39 is 0 Å². The predicted octanol–water partition coefficient (Wildman–Crippen LogP) is 2.93. The summed E-state index contributed by atoms with van der Waals surface area (Å²) in [6.45, 7) is 9.08. The zero-order valence-corrected chi connectivity index (χ0v) is 13.4. The number of rotatable bonds is 9. The molecule has 0 saturated heterocycles. The maximum Gasteiger partial charge on any atom is 0.158 e. The van der Waals surface area contributed by atoms with Crippen molar-refractivity contribution in [2.45, 2.75) is 40.2 Å². The molecule has 0 aliphatic rings. The topological polar surface area (TPSA) is 50.3 Å². The van der Waals surface area contributed by atoms with E-state index in [1.165, 1.54) is 12.8 Å². The van der Waals surface area contributed by atoms with Crippen molar-refractivity contribution in [3.05, 3.63) is 11.9 Å². The molecule has 0 fully saturated rings. The summed E-state index contributed by atoms with van der Waals surface area (Å²) in [6.07, 6.45) is 2.39. The molecule has 0 unspecified atom stereocenters. The highest BCUT2D eigenvalue weighted by Gasteiger charge is 2.14. The van der Waals surface area contributed by atoms with Gasteiger partial charge in [-0.1, -0.05) is 26.7 Å². The van der Waals surface area contributed by atoms with Crippen molar-refractivity contribution in [1.82, 2.24) is 9.97 Å². The second-order valence-electron chi connectivity index (χ2n) is 4.93. The van der Waals surface area contributed by atoms with Crippen LogP contribution in [-0.2, 0) is 11.3 Å². The largest absolute Gasteiger partial charge is 0.377 e. The lowest BCUT2D eigenvalue weighted by Crippen LogP contribution is -2.30. The average Bonchev–Trinajstić information content (AvgIpc) is 2.48. The molecule has 1 aromatic rings. The summed E-state index contributed by atoms with van der Waals surface area (Å²) < 4.78 is 5.15. The molecule has 0 aliphatic heterocycles. The van der Waals surface area contributed by atoms with Gasteiger partial charge >= 0.3 is 0 Å². The van der Waals surface area contributed by atoms with Gasteiger partial charge in [-0.05, 0) is 12.8 Å². The quantitative estimate of drug-likeness (QED) is 0.753. The smallest absolute Gasteiger partial charge is 0.158 e. The summed E-state index contributed by atoms with van der Waals surface area (Å²) >= 11 is 0. The highest BCUT2D eigenvalue weighted by Crippen LogP contribution is 2.19. The van der Waals surface area contributed by atoms with E-state index in [0.717, 1.165) is 30.5 Å². The molecule has 1 rings (SSSR count). The molecular formula is C15H28N4O. The van der Waals surface area contributed by atoms with Crippen LogP contribution in [0.3, 0.4) is 0 Å². The van der Waals surface area contributed by atoms with Crippen molar-refractivity contribution in [2.75, 3.05) is 37.5 Å². The zero-order valence-electron chi connectivity index (χ0n) is 13.4. The zero-order chi connectivity index (χ0) is 15.0. The molecule has 0 aliphatic carbocycles. The molecule has 20 heavy (non-hydrogen) atoms. The van der Waals surface area contributed by atoms with E-state index in [0.29, 0.717) is 12.5 Å². The fourth-order valence-electron chi connectivity index (χ4n) is 2.21. The summed E-state index contributed by atoms with van der Waals surface area (Å²) in [5.74, 6) is 3.24. The molecule has 1 heterocycles. The summed E-state index contributed by atoms with van der Waals surface area (Å²) in [4.78, 5) is 11.3. The fourth-order valence-corrected chi connectivity index (χ4v) is 2.21. The van der Waals surface area contributed by atoms with Crippen LogP contribution in [0.2, 0.25) is 0 Å².